The lowest BCUT2D eigenvalue weighted by Gasteiger charge is -2.37. The average molecular weight is 356 g/mol. The van der Waals surface area contributed by atoms with Gasteiger partial charge in [0.15, 0.2) is 17.5 Å². The molecule has 0 aromatic heterocycles. The summed E-state index contributed by atoms with van der Waals surface area (Å²) in [6, 6.07) is 10.4. The van der Waals surface area contributed by atoms with E-state index in [0.29, 0.717) is 5.92 Å². The molecule has 5 heteroatoms. The maximum absolute atomic E-state index is 13.6. The van der Waals surface area contributed by atoms with Crippen LogP contribution < -0.4 is 5.32 Å². The minimum atomic E-state index is -1.43. The predicted octanol–water partition coefficient (Wildman–Crippen LogP) is 5.22. The van der Waals surface area contributed by atoms with E-state index in [-0.39, 0.29) is 11.7 Å². The third kappa shape index (κ3) is 2.93. The Hall–Kier alpha value is -1.49. The van der Waals surface area contributed by atoms with Gasteiger partial charge in [0, 0.05) is 10.5 Å². The van der Waals surface area contributed by atoms with Crippen molar-refractivity contribution < 1.29 is 13.2 Å². The van der Waals surface area contributed by atoms with Gasteiger partial charge in [0.2, 0.25) is 0 Å². The molecule has 0 radical (unpaired) electrons. The highest BCUT2D eigenvalue weighted by Gasteiger charge is 2.31. The lowest BCUT2D eigenvalue weighted by atomic mass is 9.76. The van der Waals surface area contributed by atoms with Crippen LogP contribution in [0.2, 0.25) is 0 Å². The summed E-state index contributed by atoms with van der Waals surface area (Å²) in [5.74, 6) is -3.32. The van der Waals surface area contributed by atoms with Crippen LogP contribution >= 0.6 is 15.9 Å². The summed E-state index contributed by atoms with van der Waals surface area (Å²) in [7, 11) is 0. The minimum absolute atomic E-state index is 0.0214. The molecule has 1 N–H and O–H groups in total. The van der Waals surface area contributed by atoms with E-state index in [1.165, 1.54) is 11.6 Å². The quantitative estimate of drug-likeness (QED) is 0.743. The van der Waals surface area contributed by atoms with Crippen LogP contribution in [0.3, 0.4) is 0 Å². The first-order chi connectivity index (χ1) is 10.0. The Labute approximate surface area is 129 Å². The molecule has 0 heterocycles. The van der Waals surface area contributed by atoms with E-state index in [0.717, 1.165) is 23.4 Å². The fourth-order valence-electron chi connectivity index (χ4n) is 2.60. The molecule has 1 saturated carbocycles. The maximum Gasteiger partial charge on any atom is 0.196 e. The van der Waals surface area contributed by atoms with Crippen molar-refractivity contribution in [3.8, 4) is 0 Å². The summed E-state index contributed by atoms with van der Waals surface area (Å²) in [6.07, 6.45) is 1.69. The van der Waals surface area contributed by atoms with Crippen molar-refractivity contribution in [3.05, 3.63) is 63.9 Å². The average Bonchev–Trinajstić information content (AvgIpc) is 2.43. The number of nitrogens with one attached hydrogen (secondary N) is 1. The molecule has 0 bridgehead atoms. The molecular weight excluding hydrogens is 343 g/mol. The van der Waals surface area contributed by atoms with Crippen LogP contribution in [0, 0.1) is 17.5 Å². The van der Waals surface area contributed by atoms with Crippen LogP contribution in [0.4, 0.5) is 18.9 Å². The second-order valence-electron chi connectivity index (χ2n) is 5.28. The topological polar surface area (TPSA) is 12.0 Å². The second kappa shape index (κ2) is 5.72. The van der Waals surface area contributed by atoms with E-state index < -0.39 is 17.5 Å². The Bertz CT molecular complexity index is 651. The van der Waals surface area contributed by atoms with Gasteiger partial charge in [-0.3, -0.25) is 0 Å². The molecule has 3 rings (SSSR count). The largest absolute Gasteiger partial charge is 0.380 e. The third-order valence-electron chi connectivity index (χ3n) is 3.87. The molecule has 2 aromatic carbocycles. The third-order valence-corrected chi connectivity index (χ3v) is 4.40. The number of rotatable bonds is 3. The van der Waals surface area contributed by atoms with Crippen molar-refractivity contribution in [3.63, 3.8) is 0 Å². The van der Waals surface area contributed by atoms with Crippen LogP contribution in [0.25, 0.3) is 0 Å². The molecule has 0 spiro atoms. The molecule has 0 amide bonds. The fourth-order valence-corrected chi connectivity index (χ4v) is 2.86. The zero-order valence-electron chi connectivity index (χ0n) is 11.0. The van der Waals surface area contributed by atoms with Crippen molar-refractivity contribution in [2.75, 3.05) is 5.32 Å². The summed E-state index contributed by atoms with van der Waals surface area (Å²) < 4.78 is 40.6. The highest BCUT2D eigenvalue weighted by atomic mass is 79.9. The summed E-state index contributed by atoms with van der Waals surface area (Å²) in [5.41, 5.74) is 1.26. The highest BCUT2D eigenvalue weighted by molar-refractivity contribution is 9.10. The minimum Gasteiger partial charge on any atom is -0.380 e. The highest BCUT2D eigenvalue weighted by Crippen LogP contribution is 2.39. The van der Waals surface area contributed by atoms with Crippen LogP contribution in [0.1, 0.15) is 24.3 Å². The number of hydrogen-bond donors (Lipinski definition) is 1. The molecule has 0 unspecified atom stereocenters. The van der Waals surface area contributed by atoms with Gasteiger partial charge in [-0.2, -0.15) is 0 Å². The van der Waals surface area contributed by atoms with Gasteiger partial charge < -0.3 is 5.32 Å². The van der Waals surface area contributed by atoms with Gasteiger partial charge in [-0.15, -0.1) is 0 Å². The molecule has 21 heavy (non-hydrogen) atoms. The SMILES string of the molecule is Fc1ccc(NC2CC(c3ccc(Br)cc3)C2)c(F)c1F. The van der Waals surface area contributed by atoms with Crippen molar-refractivity contribution in [2.45, 2.75) is 24.8 Å². The van der Waals surface area contributed by atoms with Gasteiger partial charge in [0.25, 0.3) is 0 Å². The fraction of sp³-hybridized carbons (Fsp3) is 0.250. The number of benzene rings is 2. The summed E-state index contributed by atoms with van der Waals surface area (Å²) >= 11 is 3.39. The van der Waals surface area contributed by atoms with Crippen molar-refractivity contribution in [1.82, 2.24) is 0 Å². The Morgan fingerprint density at radius 3 is 2.24 bits per heavy atom. The van der Waals surface area contributed by atoms with Gasteiger partial charge in [-0.1, -0.05) is 28.1 Å². The summed E-state index contributed by atoms with van der Waals surface area (Å²) in [5, 5.41) is 2.93. The van der Waals surface area contributed by atoms with Gasteiger partial charge in [-0.05, 0) is 48.6 Å². The Balaban J connectivity index is 1.62. The van der Waals surface area contributed by atoms with Crippen molar-refractivity contribution in [1.29, 1.82) is 0 Å². The standard InChI is InChI=1S/C16H13BrF3N/c17-11-3-1-9(2-4-11)10-7-12(8-10)21-14-6-5-13(18)15(19)16(14)20/h1-6,10,12,21H,7-8H2. The van der Waals surface area contributed by atoms with E-state index in [9.17, 15) is 13.2 Å². The number of halogens is 4. The Morgan fingerprint density at radius 2 is 1.57 bits per heavy atom. The van der Waals surface area contributed by atoms with E-state index in [4.69, 9.17) is 0 Å². The van der Waals surface area contributed by atoms with Crippen LogP contribution in [-0.2, 0) is 0 Å². The summed E-state index contributed by atoms with van der Waals surface area (Å²) in [6.45, 7) is 0. The van der Waals surface area contributed by atoms with Gasteiger partial charge in [0.05, 0.1) is 5.69 Å². The smallest absolute Gasteiger partial charge is 0.196 e. The maximum atomic E-state index is 13.6. The van der Waals surface area contributed by atoms with Gasteiger partial charge >= 0.3 is 0 Å². The normalized spacial score (nSPS) is 21.0. The lowest BCUT2D eigenvalue weighted by molar-refractivity contribution is 0.371. The predicted molar refractivity (Wildman–Crippen MR) is 79.8 cm³/mol. The van der Waals surface area contributed by atoms with Crippen molar-refractivity contribution >= 4 is 21.6 Å². The molecule has 2 aromatic rings. The van der Waals surface area contributed by atoms with Crippen LogP contribution in [0.15, 0.2) is 40.9 Å². The lowest BCUT2D eigenvalue weighted by Crippen LogP contribution is -2.34. The van der Waals surface area contributed by atoms with E-state index in [1.807, 2.05) is 12.1 Å². The molecular formula is C16H13BrF3N. The molecule has 1 fully saturated rings. The molecule has 1 aliphatic carbocycles. The number of hydrogen-bond acceptors (Lipinski definition) is 1. The van der Waals surface area contributed by atoms with E-state index in [1.54, 1.807) is 0 Å². The second-order valence-corrected chi connectivity index (χ2v) is 6.20. The first kappa shape index (κ1) is 14.4. The summed E-state index contributed by atoms with van der Waals surface area (Å²) in [4.78, 5) is 0. The monoisotopic (exact) mass is 355 g/mol. The molecule has 1 aliphatic rings. The molecule has 1 nitrogen and oxygen atoms in total. The zero-order valence-corrected chi connectivity index (χ0v) is 12.6. The Morgan fingerprint density at radius 1 is 0.905 bits per heavy atom. The van der Waals surface area contributed by atoms with Gasteiger partial charge in [0.1, 0.15) is 0 Å². The van der Waals surface area contributed by atoms with E-state index >= 15 is 0 Å². The Kier molecular flexibility index (Phi) is 3.93. The van der Waals surface area contributed by atoms with E-state index in [2.05, 4.69) is 33.4 Å². The first-order valence-electron chi connectivity index (χ1n) is 6.70. The molecule has 0 aliphatic heterocycles. The zero-order chi connectivity index (χ0) is 15.0. The number of anilines is 1. The van der Waals surface area contributed by atoms with Crippen LogP contribution in [-0.4, -0.2) is 6.04 Å². The molecule has 0 atom stereocenters. The van der Waals surface area contributed by atoms with Crippen LogP contribution in [0.5, 0.6) is 0 Å². The van der Waals surface area contributed by atoms with Gasteiger partial charge in [-0.25, -0.2) is 13.2 Å². The first-order valence-corrected chi connectivity index (χ1v) is 7.49. The molecule has 0 saturated heterocycles. The molecule has 110 valence electrons. The van der Waals surface area contributed by atoms with Crippen molar-refractivity contribution in [2.24, 2.45) is 0 Å².